The van der Waals surface area contributed by atoms with Crippen molar-refractivity contribution in [3.05, 3.63) is 23.3 Å². The highest BCUT2D eigenvalue weighted by Gasteiger charge is 2.23. The van der Waals surface area contributed by atoms with Crippen molar-refractivity contribution in [1.82, 2.24) is 5.32 Å². The number of carbonyl (C=O) groups is 1. The Hall–Kier alpha value is -1.15. The second kappa shape index (κ2) is 6.74. The zero-order chi connectivity index (χ0) is 14.9. The van der Waals surface area contributed by atoms with Crippen molar-refractivity contribution in [3.8, 4) is 0 Å². The first kappa shape index (κ1) is 17.9. The number of hydrogen-bond acceptors (Lipinski definition) is 4. The summed E-state index contributed by atoms with van der Waals surface area (Å²) in [4.78, 5) is 12.1. The van der Waals surface area contributed by atoms with E-state index in [4.69, 9.17) is 5.14 Å². The normalized spacial score (nSPS) is 18.1. The Morgan fingerprint density at radius 2 is 2.05 bits per heavy atom. The minimum Gasteiger partial charge on any atom is -0.326 e. The van der Waals surface area contributed by atoms with Crippen LogP contribution < -0.4 is 15.8 Å². The fraction of sp³-hybridized carbons (Fsp3) is 0.462. The van der Waals surface area contributed by atoms with Crippen molar-refractivity contribution < 1.29 is 13.2 Å². The number of nitrogens with one attached hydrogen (secondary N) is 2. The number of amides is 1. The number of anilines is 1. The maximum atomic E-state index is 12.1. The number of aryl methyl sites for hydroxylation is 1. The Morgan fingerprint density at radius 1 is 1.38 bits per heavy atom. The van der Waals surface area contributed by atoms with Gasteiger partial charge in [-0.05, 0) is 50.1 Å². The maximum Gasteiger partial charge on any atom is 0.238 e. The van der Waals surface area contributed by atoms with Crippen LogP contribution in [-0.4, -0.2) is 27.4 Å². The Kier molecular flexibility index (Phi) is 5.75. The number of benzene rings is 1. The van der Waals surface area contributed by atoms with Gasteiger partial charge in [0.15, 0.2) is 0 Å². The molecule has 21 heavy (non-hydrogen) atoms. The summed E-state index contributed by atoms with van der Waals surface area (Å²) >= 11 is 0. The molecule has 4 N–H and O–H groups in total. The predicted octanol–water partition coefficient (Wildman–Crippen LogP) is 0.921. The molecule has 1 atom stereocenters. The monoisotopic (exact) mass is 333 g/mol. The van der Waals surface area contributed by atoms with Crippen molar-refractivity contribution >= 4 is 34.0 Å². The van der Waals surface area contributed by atoms with Gasteiger partial charge in [-0.25, -0.2) is 13.6 Å². The van der Waals surface area contributed by atoms with E-state index in [9.17, 15) is 13.2 Å². The fourth-order valence-corrected chi connectivity index (χ4v) is 2.86. The van der Waals surface area contributed by atoms with Gasteiger partial charge < -0.3 is 10.6 Å². The van der Waals surface area contributed by atoms with E-state index in [2.05, 4.69) is 10.6 Å². The molecule has 1 aliphatic rings. The van der Waals surface area contributed by atoms with Crippen LogP contribution in [0.4, 0.5) is 5.69 Å². The standard InChI is InChI=1S/C13H19N3O3S.ClH/c1-8-5-11(20(14,18)19)6-12(9(8)2)16-13(17)10-3-4-15-7-10;/h5-6,10,15H,3-4,7H2,1-2H3,(H,16,17)(H2,14,18,19);1H. The summed E-state index contributed by atoms with van der Waals surface area (Å²) in [5.74, 6) is -0.170. The average Bonchev–Trinajstić information content (AvgIpc) is 2.87. The lowest BCUT2D eigenvalue weighted by Crippen LogP contribution is -2.25. The largest absolute Gasteiger partial charge is 0.326 e. The SMILES string of the molecule is Cc1cc(S(N)(=O)=O)cc(NC(=O)C2CCNC2)c1C.Cl. The van der Waals surface area contributed by atoms with Crippen LogP contribution in [0.2, 0.25) is 0 Å². The summed E-state index contributed by atoms with van der Waals surface area (Å²) < 4.78 is 22.9. The van der Waals surface area contributed by atoms with E-state index in [0.717, 1.165) is 24.1 Å². The van der Waals surface area contributed by atoms with Crippen LogP contribution >= 0.6 is 12.4 Å². The molecule has 8 heteroatoms. The van der Waals surface area contributed by atoms with Gasteiger partial charge in [-0.2, -0.15) is 0 Å². The van der Waals surface area contributed by atoms with Crippen LogP contribution in [0.15, 0.2) is 17.0 Å². The third-order valence-electron chi connectivity index (χ3n) is 3.66. The van der Waals surface area contributed by atoms with Gasteiger partial charge in [0.2, 0.25) is 15.9 Å². The van der Waals surface area contributed by atoms with Crippen molar-refractivity contribution in [3.63, 3.8) is 0 Å². The molecule has 0 saturated carbocycles. The smallest absolute Gasteiger partial charge is 0.238 e. The van der Waals surface area contributed by atoms with Crippen molar-refractivity contribution in [2.45, 2.75) is 25.2 Å². The lowest BCUT2D eigenvalue weighted by atomic mass is 10.1. The first-order valence-electron chi connectivity index (χ1n) is 6.44. The number of hydrogen-bond donors (Lipinski definition) is 3. The minimum atomic E-state index is -3.78. The highest BCUT2D eigenvalue weighted by atomic mass is 35.5. The van der Waals surface area contributed by atoms with Crippen molar-refractivity contribution in [1.29, 1.82) is 0 Å². The fourth-order valence-electron chi connectivity index (χ4n) is 2.23. The molecule has 1 heterocycles. The topological polar surface area (TPSA) is 101 Å². The molecular weight excluding hydrogens is 314 g/mol. The van der Waals surface area contributed by atoms with Gasteiger partial charge >= 0.3 is 0 Å². The van der Waals surface area contributed by atoms with E-state index in [-0.39, 0.29) is 29.1 Å². The molecule has 0 spiro atoms. The van der Waals surface area contributed by atoms with E-state index >= 15 is 0 Å². The summed E-state index contributed by atoms with van der Waals surface area (Å²) in [6, 6.07) is 2.93. The number of rotatable bonds is 3. The summed E-state index contributed by atoms with van der Waals surface area (Å²) in [5.41, 5.74) is 2.12. The Balaban J connectivity index is 0.00000220. The van der Waals surface area contributed by atoms with E-state index in [1.807, 2.05) is 6.92 Å². The van der Waals surface area contributed by atoms with Gasteiger partial charge in [-0.3, -0.25) is 4.79 Å². The summed E-state index contributed by atoms with van der Waals surface area (Å²) in [5, 5.41) is 11.1. The van der Waals surface area contributed by atoms with E-state index in [1.165, 1.54) is 12.1 Å². The molecule has 1 saturated heterocycles. The molecule has 6 nitrogen and oxygen atoms in total. The Morgan fingerprint density at radius 3 is 2.57 bits per heavy atom. The summed E-state index contributed by atoms with van der Waals surface area (Å²) in [7, 11) is -3.78. The van der Waals surface area contributed by atoms with Crippen molar-refractivity contribution in [2.75, 3.05) is 18.4 Å². The molecule has 1 aliphatic heterocycles. The number of carbonyl (C=O) groups excluding carboxylic acids is 1. The minimum absolute atomic E-state index is 0. The van der Waals surface area contributed by atoms with Crippen LogP contribution in [-0.2, 0) is 14.8 Å². The van der Waals surface area contributed by atoms with Gasteiger partial charge in [0.1, 0.15) is 0 Å². The van der Waals surface area contributed by atoms with Crippen LogP contribution in [0.5, 0.6) is 0 Å². The third kappa shape index (κ3) is 4.16. The maximum absolute atomic E-state index is 12.1. The highest BCUT2D eigenvalue weighted by Crippen LogP contribution is 2.24. The van der Waals surface area contributed by atoms with E-state index < -0.39 is 10.0 Å². The van der Waals surface area contributed by atoms with Crippen molar-refractivity contribution in [2.24, 2.45) is 11.1 Å². The van der Waals surface area contributed by atoms with Gasteiger partial charge in [-0.15, -0.1) is 12.4 Å². The van der Waals surface area contributed by atoms with Gasteiger partial charge in [-0.1, -0.05) is 0 Å². The molecule has 118 valence electrons. The molecule has 0 bridgehead atoms. The van der Waals surface area contributed by atoms with Gasteiger partial charge in [0.25, 0.3) is 0 Å². The Bertz CT molecular complexity index is 640. The summed E-state index contributed by atoms with van der Waals surface area (Å²) in [6.45, 7) is 5.10. The van der Waals surface area contributed by atoms with Crippen LogP contribution in [0.25, 0.3) is 0 Å². The molecule has 0 radical (unpaired) electrons. The number of sulfonamides is 1. The molecule has 1 fully saturated rings. The zero-order valence-electron chi connectivity index (χ0n) is 12.0. The molecule has 2 rings (SSSR count). The second-order valence-corrected chi connectivity index (χ2v) is 6.70. The molecule has 0 aromatic heterocycles. The highest BCUT2D eigenvalue weighted by molar-refractivity contribution is 7.89. The number of nitrogens with two attached hydrogens (primary N) is 1. The zero-order valence-corrected chi connectivity index (χ0v) is 13.6. The van der Waals surface area contributed by atoms with Gasteiger partial charge in [0.05, 0.1) is 10.8 Å². The Labute approximate surface area is 130 Å². The van der Waals surface area contributed by atoms with Crippen LogP contribution in [0, 0.1) is 19.8 Å². The lowest BCUT2D eigenvalue weighted by molar-refractivity contribution is -0.119. The molecule has 1 amide bonds. The first-order chi connectivity index (χ1) is 9.29. The predicted molar refractivity (Wildman–Crippen MR) is 84.1 cm³/mol. The average molecular weight is 334 g/mol. The van der Waals surface area contributed by atoms with E-state index in [1.54, 1.807) is 6.92 Å². The quantitative estimate of drug-likeness (QED) is 0.765. The third-order valence-corrected chi connectivity index (χ3v) is 4.55. The number of halogens is 1. The second-order valence-electron chi connectivity index (χ2n) is 5.14. The van der Waals surface area contributed by atoms with Gasteiger partial charge in [0, 0.05) is 12.2 Å². The molecule has 1 unspecified atom stereocenters. The molecule has 1 aromatic carbocycles. The van der Waals surface area contributed by atoms with Crippen LogP contribution in [0.3, 0.4) is 0 Å². The number of primary sulfonamides is 1. The van der Waals surface area contributed by atoms with Crippen LogP contribution in [0.1, 0.15) is 17.5 Å². The molecule has 1 aromatic rings. The van der Waals surface area contributed by atoms with E-state index in [0.29, 0.717) is 12.2 Å². The molecular formula is C13H20ClN3O3S. The first-order valence-corrected chi connectivity index (χ1v) is 7.99. The molecule has 0 aliphatic carbocycles. The lowest BCUT2D eigenvalue weighted by Gasteiger charge is -2.15. The summed E-state index contributed by atoms with van der Waals surface area (Å²) in [6.07, 6.45) is 0.790.